The standard InChI is InChI=1S/C14H12N4O3S/c1-8-3-4-11(22-8)10-5-12(17(2)14(20)21)18-13(16-10)9(7-19)6-15-18/h3-7H,1-2H3,(H,20,21). The van der Waals surface area contributed by atoms with Gasteiger partial charge in [-0.1, -0.05) is 0 Å². The molecule has 0 atom stereocenters. The number of carbonyl (C=O) groups is 2. The second-order valence-electron chi connectivity index (χ2n) is 4.70. The fourth-order valence-corrected chi connectivity index (χ4v) is 2.91. The van der Waals surface area contributed by atoms with Crippen LogP contribution in [-0.4, -0.2) is 39.1 Å². The molecular formula is C14H12N4O3S. The van der Waals surface area contributed by atoms with Gasteiger partial charge in [-0.3, -0.25) is 9.69 Å². The van der Waals surface area contributed by atoms with E-state index in [0.717, 1.165) is 14.7 Å². The lowest BCUT2D eigenvalue weighted by molar-refractivity contribution is 0.112. The van der Waals surface area contributed by atoms with Crippen LogP contribution in [0.4, 0.5) is 10.6 Å². The van der Waals surface area contributed by atoms with Gasteiger partial charge >= 0.3 is 6.09 Å². The Hall–Kier alpha value is -2.74. The fourth-order valence-electron chi connectivity index (χ4n) is 2.08. The molecular weight excluding hydrogens is 304 g/mol. The van der Waals surface area contributed by atoms with Crippen molar-refractivity contribution in [1.29, 1.82) is 0 Å². The minimum Gasteiger partial charge on any atom is -0.465 e. The highest BCUT2D eigenvalue weighted by atomic mass is 32.1. The first-order valence-corrected chi connectivity index (χ1v) is 7.20. The van der Waals surface area contributed by atoms with Gasteiger partial charge in [-0.15, -0.1) is 11.3 Å². The number of carbonyl (C=O) groups excluding carboxylic acids is 1. The molecule has 3 heterocycles. The highest BCUT2D eigenvalue weighted by Gasteiger charge is 2.18. The summed E-state index contributed by atoms with van der Waals surface area (Å²) in [5.41, 5.74) is 1.26. The largest absolute Gasteiger partial charge is 0.465 e. The van der Waals surface area contributed by atoms with Gasteiger partial charge in [0.05, 0.1) is 22.3 Å². The summed E-state index contributed by atoms with van der Waals surface area (Å²) in [4.78, 5) is 29.9. The Morgan fingerprint density at radius 3 is 2.82 bits per heavy atom. The molecule has 0 saturated carbocycles. The Bertz CT molecular complexity index is 883. The van der Waals surface area contributed by atoms with E-state index in [2.05, 4.69) is 10.1 Å². The highest BCUT2D eigenvalue weighted by Crippen LogP contribution is 2.30. The Balaban J connectivity index is 2.30. The summed E-state index contributed by atoms with van der Waals surface area (Å²) in [6.07, 6.45) is 0.908. The number of aromatic nitrogens is 3. The lowest BCUT2D eigenvalue weighted by atomic mass is 10.3. The number of thiophene rings is 1. The van der Waals surface area contributed by atoms with E-state index >= 15 is 0 Å². The van der Waals surface area contributed by atoms with Gasteiger partial charge < -0.3 is 5.11 Å². The van der Waals surface area contributed by atoms with Crippen LogP contribution in [0, 0.1) is 6.92 Å². The predicted molar refractivity (Wildman–Crippen MR) is 82.9 cm³/mol. The molecule has 0 aliphatic carbocycles. The summed E-state index contributed by atoms with van der Waals surface area (Å²) >= 11 is 1.55. The number of rotatable bonds is 3. The van der Waals surface area contributed by atoms with Gasteiger partial charge in [-0.25, -0.2) is 9.78 Å². The third kappa shape index (κ3) is 2.23. The molecule has 0 aliphatic heterocycles. The SMILES string of the molecule is Cc1ccc(-c2cc(N(C)C(=O)O)n3ncc(C=O)c3n2)s1. The zero-order valence-electron chi connectivity index (χ0n) is 11.8. The van der Waals surface area contributed by atoms with Crippen molar-refractivity contribution in [1.82, 2.24) is 14.6 Å². The van der Waals surface area contributed by atoms with Crippen LogP contribution in [0.2, 0.25) is 0 Å². The van der Waals surface area contributed by atoms with Crippen molar-refractivity contribution in [2.24, 2.45) is 0 Å². The van der Waals surface area contributed by atoms with E-state index in [1.807, 2.05) is 19.1 Å². The van der Waals surface area contributed by atoms with Gasteiger partial charge in [0.1, 0.15) is 5.82 Å². The summed E-state index contributed by atoms with van der Waals surface area (Å²) in [5.74, 6) is 0.326. The lowest BCUT2D eigenvalue weighted by Crippen LogP contribution is -2.26. The summed E-state index contributed by atoms with van der Waals surface area (Å²) in [7, 11) is 1.42. The average Bonchev–Trinajstić information content (AvgIpc) is 3.11. The first kappa shape index (κ1) is 14.2. The second kappa shape index (κ2) is 5.23. The van der Waals surface area contributed by atoms with Crippen molar-refractivity contribution >= 4 is 35.2 Å². The predicted octanol–water partition coefficient (Wildman–Crippen LogP) is 2.69. The third-order valence-corrected chi connectivity index (χ3v) is 4.25. The first-order valence-electron chi connectivity index (χ1n) is 6.38. The number of carboxylic acid groups (broad SMARTS) is 1. The van der Waals surface area contributed by atoms with Crippen molar-refractivity contribution < 1.29 is 14.7 Å². The van der Waals surface area contributed by atoms with Gasteiger partial charge in [0, 0.05) is 18.0 Å². The van der Waals surface area contributed by atoms with E-state index in [0.29, 0.717) is 29.0 Å². The fraction of sp³-hybridized carbons (Fsp3) is 0.143. The molecule has 112 valence electrons. The molecule has 3 rings (SSSR count). The molecule has 1 N–H and O–H groups in total. The van der Waals surface area contributed by atoms with Gasteiger partial charge in [0.15, 0.2) is 11.9 Å². The van der Waals surface area contributed by atoms with Crippen molar-refractivity contribution in [2.45, 2.75) is 6.92 Å². The molecule has 0 spiro atoms. The monoisotopic (exact) mass is 316 g/mol. The number of amides is 1. The van der Waals surface area contributed by atoms with Crippen LogP contribution in [0.1, 0.15) is 15.2 Å². The molecule has 7 nitrogen and oxygen atoms in total. The van der Waals surface area contributed by atoms with E-state index in [-0.39, 0.29) is 0 Å². The highest BCUT2D eigenvalue weighted by molar-refractivity contribution is 7.15. The minimum absolute atomic E-state index is 0.315. The maximum atomic E-state index is 11.3. The topological polar surface area (TPSA) is 87.8 Å². The molecule has 0 bridgehead atoms. The molecule has 0 radical (unpaired) electrons. The molecule has 0 aliphatic rings. The van der Waals surface area contributed by atoms with Crippen LogP contribution < -0.4 is 4.90 Å². The number of aldehydes is 1. The average molecular weight is 316 g/mol. The van der Waals surface area contributed by atoms with Crippen LogP contribution in [0.3, 0.4) is 0 Å². The maximum Gasteiger partial charge on any atom is 0.412 e. The van der Waals surface area contributed by atoms with Crippen molar-refractivity contribution in [3.05, 3.63) is 34.8 Å². The molecule has 0 fully saturated rings. The van der Waals surface area contributed by atoms with Gasteiger partial charge in [-0.2, -0.15) is 9.61 Å². The Morgan fingerprint density at radius 1 is 1.45 bits per heavy atom. The molecule has 1 amide bonds. The molecule has 22 heavy (non-hydrogen) atoms. The Morgan fingerprint density at radius 2 is 2.23 bits per heavy atom. The van der Waals surface area contributed by atoms with Crippen LogP contribution in [0.5, 0.6) is 0 Å². The number of nitrogens with zero attached hydrogens (tertiary/aromatic N) is 4. The zero-order chi connectivity index (χ0) is 15.9. The van der Waals surface area contributed by atoms with Crippen molar-refractivity contribution in [2.75, 3.05) is 11.9 Å². The third-order valence-electron chi connectivity index (χ3n) is 3.23. The van der Waals surface area contributed by atoms with Gasteiger partial charge in [0.25, 0.3) is 0 Å². The first-order chi connectivity index (χ1) is 10.5. The number of hydrogen-bond acceptors (Lipinski definition) is 5. The number of fused-ring (bicyclic) bond motifs is 1. The van der Waals surface area contributed by atoms with Crippen LogP contribution >= 0.6 is 11.3 Å². The maximum absolute atomic E-state index is 11.3. The Labute approximate surface area is 129 Å². The summed E-state index contributed by atoms with van der Waals surface area (Å²) in [6, 6.07) is 5.53. The van der Waals surface area contributed by atoms with Crippen molar-refractivity contribution in [3.8, 4) is 10.6 Å². The second-order valence-corrected chi connectivity index (χ2v) is 5.99. The molecule has 0 aromatic carbocycles. The van der Waals surface area contributed by atoms with Crippen LogP contribution in [0.25, 0.3) is 16.2 Å². The summed E-state index contributed by atoms with van der Waals surface area (Å²) < 4.78 is 1.35. The van der Waals surface area contributed by atoms with E-state index in [1.54, 1.807) is 17.4 Å². The van der Waals surface area contributed by atoms with Crippen molar-refractivity contribution in [3.63, 3.8) is 0 Å². The zero-order valence-corrected chi connectivity index (χ0v) is 12.7. The van der Waals surface area contributed by atoms with Crippen LogP contribution in [0.15, 0.2) is 24.4 Å². The van der Waals surface area contributed by atoms with E-state index in [1.165, 1.54) is 17.8 Å². The quantitative estimate of drug-likeness (QED) is 0.751. The van der Waals surface area contributed by atoms with E-state index in [9.17, 15) is 14.7 Å². The van der Waals surface area contributed by atoms with Gasteiger partial charge in [-0.05, 0) is 19.1 Å². The Kier molecular flexibility index (Phi) is 3.38. The van der Waals surface area contributed by atoms with E-state index in [4.69, 9.17) is 0 Å². The number of anilines is 1. The molecule has 0 saturated heterocycles. The summed E-state index contributed by atoms with van der Waals surface area (Å²) in [6.45, 7) is 1.98. The number of aryl methyl sites for hydroxylation is 1. The van der Waals surface area contributed by atoms with Gasteiger partial charge in [0.2, 0.25) is 0 Å². The smallest absolute Gasteiger partial charge is 0.412 e. The molecule has 3 aromatic rings. The molecule has 3 aromatic heterocycles. The molecule has 0 unspecified atom stereocenters. The lowest BCUT2D eigenvalue weighted by Gasteiger charge is -2.15. The van der Waals surface area contributed by atoms with E-state index < -0.39 is 6.09 Å². The minimum atomic E-state index is -1.12. The summed E-state index contributed by atoms with van der Waals surface area (Å²) in [5, 5.41) is 13.3. The molecule has 8 heteroatoms. The normalized spacial score (nSPS) is 10.8. The van der Waals surface area contributed by atoms with Crippen LogP contribution in [-0.2, 0) is 0 Å². The number of hydrogen-bond donors (Lipinski definition) is 1.